The Kier molecular flexibility index (Phi) is 5.71. The van der Waals surface area contributed by atoms with E-state index >= 15 is 0 Å². The van der Waals surface area contributed by atoms with Crippen molar-refractivity contribution in [3.8, 4) is 0 Å². The summed E-state index contributed by atoms with van der Waals surface area (Å²) in [7, 11) is 0. The number of nitrogens with one attached hydrogen (secondary N) is 2. The topological polar surface area (TPSA) is 92.9 Å². The highest BCUT2D eigenvalue weighted by Gasteiger charge is 2.13. The molecule has 1 amide bonds. The van der Waals surface area contributed by atoms with Gasteiger partial charge in [-0.05, 0) is 12.7 Å². The molecule has 0 aliphatic heterocycles. The van der Waals surface area contributed by atoms with Gasteiger partial charge in [0.05, 0.1) is 12.4 Å². The fraction of sp³-hybridized carbons (Fsp3) is 0.500. The lowest BCUT2D eigenvalue weighted by Crippen LogP contribution is -2.36. The van der Waals surface area contributed by atoms with Gasteiger partial charge in [0.1, 0.15) is 5.69 Å². The summed E-state index contributed by atoms with van der Waals surface area (Å²) in [5.41, 5.74) is 2.65. The summed E-state index contributed by atoms with van der Waals surface area (Å²) in [6.45, 7) is 2.04. The van der Waals surface area contributed by atoms with Crippen molar-refractivity contribution in [2.75, 3.05) is 17.4 Å². The summed E-state index contributed by atoms with van der Waals surface area (Å²) in [5, 5.41) is 2.91. The Hall–Kier alpha value is -1.34. The number of hydrazine groups is 1. The number of thioether (sulfide) groups is 1. The molecule has 0 aliphatic rings. The van der Waals surface area contributed by atoms with E-state index in [1.165, 1.54) is 12.4 Å². The van der Waals surface area contributed by atoms with Crippen LogP contribution >= 0.6 is 11.8 Å². The highest BCUT2D eigenvalue weighted by molar-refractivity contribution is 7.98. The first-order valence-electron chi connectivity index (χ1n) is 5.29. The molecule has 1 heterocycles. The Labute approximate surface area is 105 Å². The van der Waals surface area contributed by atoms with Crippen molar-refractivity contribution in [2.45, 2.75) is 19.4 Å². The fourth-order valence-corrected chi connectivity index (χ4v) is 1.96. The molecule has 1 aromatic heterocycles. The van der Waals surface area contributed by atoms with Crippen molar-refractivity contribution in [1.82, 2.24) is 15.3 Å². The first kappa shape index (κ1) is 13.7. The number of nitrogen functional groups attached to an aromatic ring is 1. The van der Waals surface area contributed by atoms with Gasteiger partial charge >= 0.3 is 0 Å². The Bertz CT molecular complexity index is 356. The van der Waals surface area contributed by atoms with Gasteiger partial charge in [0, 0.05) is 11.8 Å². The van der Waals surface area contributed by atoms with Crippen LogP contribution in [0.2, 0.25) is 0 Å². The number of hydrogen-bond donors (Lipinski definition) is 3. The summed E-state index contributed by atoms with van der Waals surface area (Å²) < 4.78 is 0. The zero-order valence-electron chi connectivity index (χ0n) is 9.93. The molecule has 0 spiro atoms. The second-order valence-electron chi connectivity index (χ2n) is 3.47. The molecular formula is C10H17N5OS. The Balaban J connectivity index is 2.62. The van der Waals surface area contributed by atoms with Crippen LogP contribution in [0.5, 0.6) is 0 Å². The summed E-state index contributed by atoms with van der Waals surface area (Å²) >= 11 is 1.70. The highest BCUT2D eigenvalue weighted by Crippen LogP contribution is 2.03. The van der Waals surface area contributed by atoms with E-state index in [4.69, 9.17) is 5.84 Å². The predicted molar refractivity (Wildman–Crippen MR) is 69.8 cm³/mol. The molecule has 1 aromatic rings. The second-order valence-corrected chi connectivity index (χ2v) is 4.38. The maximum Gasteiger partial charge on any atom is 0.271 e. The summed E-state index contributed by atoms with van der Waals surface area (Å²) in [4.78, 5) is 19.7. The van der Waals surface area contributed by atoms with Crippen LogP contribution in [-0.2, 0) is 0 Å². The molecule has 0 saturated carbocycles. The van der Waals surface area contributed by atoms with Gasteiger partial charge in [0.2, 0.25) is 0 Å². The van der Waals surface area contributed by atoms with Crippen LogP contribution in [0.25, 0.3) is 0 Å². The summed E-state index contributed by atoms with van der Waals surface area (Å²) in [6, 6.07) is 0.159. The fourth-order valence-electron chi connectivity index (χ4n) is 1.24. The molecule has 1 unspecified atom stereocenters. The van der Waals surface area contributed by atoms with Crippen LogP contribution in [0.4, 0.5) is 5.82 Å². The van der Waals surface area contributed by atoms with Gasteiger partial charge < -0.3 is 10.7 Å². The number of aromatic nitrogens is 2. The maximum absolute atomic E-state index is 11.8. The minimum absolute atomic E-state index is 0.159. The van der Waals surface area contributed by atoms with E-state index < -0.39 is 0 Å². The molecule has 1 rings (SSSR count). The van der Waals surface area contributed by atoms with Gasteiger partial charge in [-0.1, -0.05) is 6.92 Å². The molecule has 0 aliphatic carbocycles. The van der Waals surface area contributed by atoms with E-state index in [9.17, 15) is 4.79 Å². The van der Waals surface area contributed by atoms with E-state index in [0.717, 1.165) is 12.2 Å². The summed E-state index contributed by atoms with van der Waals surface area (Å²) in [5.74, 6) is 6.27. The van der Waals surface area contributed by atoms with Crippen molar-refractivity contribution >= 4 is 23.5 Å². The number of anilines is 1. The SMILES string of the molecule is CCC(CSC)NC(=O)c1cnc(NN)cn1. The van der Waals surface area contributed by atoms with E-state index in [1.54, 1.807) is 11.8 Å². The standard InChI is InChI=1S/C10H17N5OS/c1-3-7(6-17-2)14-10(16)8-4-13-9(15-11)5-12-8/h4-5,7H,3,6,11H2,1-2H3,(H,13,15)(H,14,16). The lowest BCUT2D eigenvalue weighted by molar-refractivity contribution is 0.0934. The monoisotopic (exact) mass is 255 g/mol. The van der Waals surface area contributed by atoms with E-state index in [2.05, 4.69) is 20.7 Å². The summed E-state index contributed by atoms with van der Waals surface area (Å²) in [6.07, 6.45) is 5.72. The van der Waals surface area contributed by atoms with E-state index in [-0.39, 0.29) is 11.9 Å². The third-order valence-electron chi connectivity index (χ3n) is 2.23. The Morgan fingerprint density at radius 3 is 2.76 bits per heavy atom. The third kappa shape index (κ3) is 4.20. The first-order chi connectivity index (χ1) is 8.21. The quantitative estimate of drug-likeness (QED) is 0.510. The maximum atomic E-state index is 11.8. The molecular weight excluding hydrogens is 238 g/mol. The van der Waals surface area contributed by atoms with Crippen molar-refractivity contribution < 1.29 is 4.79 Å². The molecule has 4 N–H and O–H groups in total. The molecule has 7 heteroatoms. The van der Waals surface area contributed by atoms with Gasteiger partial charge in [0.25, 0.3) is 5.91 Å². The smallest absolute Gasteiger partial charge is 0.271 e. The average molecular weight is 255 g/mol. The van der Waals surface area contributed by atoms with Crippen LogP contribution in [0, 0.1) is 0 Å². The van der Waals surface area contributed by atoms with Gasteiger partial charge in [-0.25, -0.2) is 15.8 Å². The normalized spacial score (nSPS) is 11.9. The van der Waals surface area contributed by atoms with Crippen LogP contribution in [0.3, 0.4) is 0 Å². The van der Waals surface area contributed by atoms with Crippen LogP contribution in [0.1, 0.15) is 23.8 Å². The van der Waals surface area contributed by atoms with Gasteiger partial charge in [-0.3, -0.25) is 4.79 Å². The zero-order valence-corrected chi connectivity index (χ0v) is 10.8. The molecule has 0 bridgehead atoms. The van der Waals surface area contributed by atoms with Gasteiger partial charge in [-0.15, -0.1) is 0 Å². The van der Waals surface area contributed by atoms with Crippen molar-refractivity contribution in [3.05, 3.63) is 18.1 Å². The number of carbonyl (C=O) groups is 1. The third-order valence-corrected chi connectivity index (χ3v) is 2.96. The van der Waals surface area contributed by atoms with Crippen molar-refractivity contribution in [3.63, 3.8) is 0 Å². The second kappa shape index (κ2) is 7.08. The highest BCUT2D eigenvalue weighted by atomic mass is 32.2. The number of hydrogen-bond acceptors (Lipinski definition) is 6. The molecule has 0 radical (unpaired) electrons. The number of nitrogens with two attached hydrogens (primary N) is 1. The minimum atomic E-state index is -0.207. The van der Waals surface area contributed by atoms with Crippen molar-refractivity contribution in [1.29, 1.82) is 0 Å². The predicted octanol–water partition coefficient (Wildman–Crippen LogP) is 0.634. The molecule has 1 atom stereocenters. The van der Waals surface area contributed by atoms with E-state index in [0.29, 0.717) is 11.5 Å². The van der Waals surface area contributed by atoms with Gasteiger partial charge in [-0.2, -0.15) is 11.8 Å². The van der Waals surface area contributed by atoms with Crippen LogP contribution < -0.4 is 16.6 Å². The first-order valence-corrected chi connectivity index (χ1v) is 6.69. The van der Waals surface area contributed by atoms with Crippen molar-refractivity contribution in [2.24, 2.45) is 5.84 Å². The van der Waals surface area contributed by atoms with E-state index in [1.807, 2.05) is 13.2 Å². The number of amides is 1. The Morgan fingerprint density at radius 1 is 1.53 bits per heavy atom. The zero-order chi connectivity index (χ0) is 12.7. The molecule has 0 fully saturated rings. The number of nitrogens with zero attached hydrogens (tertiary/aromatic N) is 2. The molecule has 17 heavy (non-hydrogen) atoms. The largest absolute Gasteiger partial charge is 0.347 e. The number of rotatable bonds is 6. The molecule has 6 nitrogen and oxygen atoms in total. The Morgan fingerprint density at radius 2 is 2.29 bits per heavy atom. The van der Waals surface area contributed by atoms with Crippen LogP contribution in [0.15, 0.2) is 12.4 Å². The lowest BCUT2D eigenvalue weighted by atomic mass is 10.2. The molecule has 0 saturated heterocycles. The number of carbonyl (C=O) groups excluding carboxylic acids is 1. The molecule has 0 aromatic carbocycles. The van der Waals surface area contributed by atoms with Gasteiger partial charge in [0.15, 0.2) is 5.82 Å². The lowest BCUT2D eigenvalue weighted by Gasteiger charge is -2.15. The molecule has 94 valence electrons. The van der Waals surface area contributed by atoms with Crippen LogP contribution in [-0.4, -0.2) is 33.9 Å². The average Bonchev–Trinajstić information content (AvgIpc) is 2.38. The minimum Gasteiger partial charge on any atom is -0.347 e.